The largest absolute Gasteiger partial charge is 0.465 e. The average molecular weight is 449 g/mol. The van der Waals surface area contributed by atoms with E-state index in [4.69, 9.17) is 4.74 Å². The molecule has 4 heterocycles. The monoisotopic (exact) mass is 449 g/mol. The van der Waals surface area contributed by atoms with E-state index in [1.807, 2.05) is 30.3 Å². The number of aromatic nitrogens is 6. The van der Waals surface area contributed by atoms with Crippen molar-refractivity contribution >= 4 is 39.0 Å². The molecule has 0 spiro atoms. The van der Waals surface area contributed by atoms with Crippen molar-refractivity contribution < 1.29 is 14.5 Å². The minimum atomic E-state index is -0.549. The minimum absolute atomic E-state index is 0.265. The summed E-state index contributed by atoms with van der Waals surface area (Å²) in [6.45, 7) is 2.11. The molecule has 0 saturated carbocycles. The fourth-order valence-electron chi connectivity index (χ4n) is 3.48. The molecule has 160 valence electrons. The zero-order valence-corrected chi connectivity index (χ0v) is 17.7. The molecule has 0 aliphatic heterocycles. The van der Waals surface area contributed by atoms with E-state index in [2.05, 4.69) is 20.2 Å². The second-order valence-electron chi connectivity index (χ2n) is 6.96. The van der Waals surface area contributed by atoms with Crippen LogP contribution in [0.2, 0.25) is 0 Å². The number of methoxy groups -OCH3 is 1. The van der Waals surface area contributed by atoms with Crippen LogP contribution < -0.4 is 0 Å². The number of hydrogen-bond donors (Lipinski definition) is 0. The molecule has 1 aromatic carbocycles. The van der Waals surface area contributed by atoms with Crippen molar-refractivity contribution in [2.75, 3.05) is 7.11 Å². The summed E-state index contributed by atoms with van der Waals surface area (Å²) in [5.74, 6) is -0.473. The van der Waals surface area contributed by atoms with Gasteiger partial charge in [-0.1, -0.05) is 30.3 Å². The summed E-state index contributed by atoms with van der Waals surface area (Å²) >= 11 is 1.22. The first kappa shape index (κ1) is 19.8. The van der Waals surface area contributed by atoms with Crippen LogP contribution >= 0.6 is 11.3 Å². The van der Waals surface area contributed by atoms with E-state index >= 15 is 0 Å². The third-order valence-corrected chi connectivity index (χ3v) is 6.18. The molecule has 0 fully saturated rings. The van der Waals surface area contributed by atoms with Gasteiger partial charge in [0.1, 0.15) is 21.7 Å². The summed E-state index contributed by atoms with van der Waals surface area (Å²) in [5.41, 5.74) is 2.51. The lowest BCUT2D eigenvalue weighted by Gasteiger charge is -2.00. The molecule has 0 aliphatic rings. The van der Waals surface area contributed by atoms with Crippen molar-refractivity contribution in [1.82, 2.24) is 29.4 Å². The molecule has 5 aromatic rings. The van der Waals surface area contributed by atoms with Gasteiger partial charge < -0.3 is 14.9 Å². The zero-order chi connectivity index (χ0) is 22.4. The lowest BCUT2D eigenvalue weighted by Crippen LogP contribution is -2.05. The number of carbonyl (C=O) groups excluding carboxylic acids is 1. The van der Waals surface area contributed by atoms with Crippen LogP contribution in [0, 0.1) is 17.0 Å². The van der Waals surface area contributed by atoms with Crippen LogP contribution in [0.1, 0.15) is 20.8 Å². The summed E-state index contributed by atoms with van der Waals surface area (Å²) in [5, 5.41) is 20.6. The Hall–Kier alpha value is -4.19. The Morgan fingerprint density at radius 3 is 2.75 bits per heavy atom. The van der Waals surface area contributed by atoms with Crippen LogP contribution in [0.15, 0.2) is 42.7 Å². The Kier molecular flexibility index (Phi) is 4.63. The summed E-state index contributed by atoms with van der Waals surface area (Å²) < 4.78 is 7.85. The Labute approximate surface area is 184 Å². The van der Waals surface area contributed by atoms with E-state index in [1.165, 1.54) is 40.0 Å². The van der Waals surface area contributed by atoms with Gasteiger partial charge in [0, 0.05) is 0 Å². The highest BCUT2D eigenvalue weighted by atomic mass is 32.1. The van der Waals surface area contributed by atoms with Gasteiger partial charge in [0.2, 0.25) is 5.82 Å². The minimum Gasteiger partial charge on any atom is -0.465 e. The van der Waals surface area contributed by atoms with E-state index in [0.717, 1.165) is 5.56 Å². The molecular formula is C20H15N7O4S. The molecule has 0 atom stereocenters. The number of benzene rings is 1. The maximum Gasteiger partial charge on any atom is 0.390 e. The molecule has 0 bridgehead atoms. The maximum atomic E-state index is 12.1. The molecule has 0 N–H and O–H groups in total. The Balaban J connectivity index is 1.68. The molecule has 0 unspecified atom stereocenters. The quantitative estimate of drug-likeness (QED) is 0.227. The Bertz CT molecular complexity index is 1500. The number of hydrogen-bond acceptors (Lipinski definition) is 9. The summed E-state index contributed by atoms with van der Waals surface area (Å²) in [4.78, 5) is 33.0. The second-order valence-corrected chi connectivity index (χ2v) is 7.96. The van der Waals surface area contributed by atoms with Gasteiger partial charge >= 0.3 is 11.8 Å². The van der Waals surface area contributed by atoms with E-state index in [1.54, 1.807) is 6.92 Å². The number of thiophene rings is 1. The summed E-state index contributed by atoms with van der Waals surface area (Å²) in [6, 6.07) is 10.8. The third kappa shape index (κ3) is 3.17. The molecule has 0 aliphatic carbocycles. The highest BCUT2D eigenvalue weighted by Crippen LogP contribution is 2.33. The molecule has 5 rings (SSSR count). The van der Waals surface area contributed by atoms with Gasteiger partial charge in [0.15, 0.2) is 5.65 Å². The normalized spacial score (nSPS) is 11.3. The number of nitrogens with zero attached hydrogens (tertiary/aromatic N) is 7. The van der Waals surface area contributed by atoms with Crippen molar-refractivity contribution in [3.63, 3.8) is 0 Å². The Morgan fingerprint density at radius 1 is 1.25 bits per heavy atom. The molecular weight excluding hydrogens is 434 g/mol. The number of fused-ring (bicyclic) bond motifs is 3. The van der Waals surface area contributed by atoms with Crippen molar-refractivity contribution in [1.29, 1.82) is 0 Å². The molecule has 4 aromatic heterocycles. The molecule has 0 radical (unpaired) electrons. The van der Waals surface area contributed by atoms with Crippen molar-refractivity contribution in [3.8, 4) is 11.5 Å². The van der Waals surface area contributed by atoms with E-state index in [-0.39, 0.29) is 11.6 Å². The summed E-state index contributed by atoms with van der Waals surface area (Å²) in [7, 11) is 1.32. The highest BCUT2D eigenvalue weighted by molar-refractivity contribution is 7.20. The third-order valence-electron chi connectivity index (χ3n) is 5.00. The van der Waals surface area contributed by atoms with Crippen LogP contribution in [-0.2, 0) is 11.3 Å². The van der Waals surface area contributed by atoms with Crippen molar-refractivity contribution in [3.05, 3.63) is 68.8 Å². The highest BCUT2D eigenvalue weighted by Gasteiger charge is 2.25. The number of ether oxygens (including phenoxy) is 1. The lowest BCUT2D eigenvalue weighted by atomic mass is 10.2. The van der Waals surface area contributed by atoms with Crippen LogP contribution in [0.25, 0.3) is 27.4 Å². The molecule has 0 amide bonds. The van der Waals surface area contributed by atoms with Crippen molar-refractivity contribution in [2.24, 2.45) is 0 Å². The van der Waals surface area contributed by atoms with Crippen LogP contribution in [0.4, 0.5) is 5.82 Å². The van der Waals surface area contributed by atoms with Gasteiger partial charge in [-0.15, -0.1) is 16.4 Å². The maximum absolute atomic E-state index is 12.1. The first-order valence-electron chi connectivity index (χ1n) is 9.45. The fraction of sp³-hybridized carbons (Fsp3) is 0.150. The van der Waals surface area contributed by atoms with Gasteiger partial charge in [0.05, 0.1) is 30.2 Å². The standard InChI is InChI=1S/C20H15N7O4S/c1-11-15-18-22-17(24-26(18)10-21-19(15)32-16(11)20(28)31-2)13-8-14(27(29)30)23-25(13)9-12-6-4-3-5-7-12/h3-8,10H,9H2,1-2H3. The van der Waals surface area contributed by atoms with Gasteiger partial charge in [-0.2, -0.15) is 4.68 Å². The van der Waals surface area contributed by atoms with E-state index < -0.39 is 10.9 Å². The predicted molar refractivity (Wildman–Crippen MR) is 116 cm³/mol. The number of aryl methyl sites for hydroxylation is 1. The van der Waals surface area contributed by atoms with Gasteiger partial charge in [0.25, 0.3) is 0 Å². The van der Waals surface area contributed by atoms with E-state index in [9.17, 15) is 14.9 Å². The average Bonchev–Trinajstić information content (AvgIpc) is 3.49. The first-order valence-corrected chi connectivity index (χ1v) is 10.3. The van der Waals surface area contributed by atoms with Gasteiger partial charge in [-0.05, 0) is 23.0 Å². The molecule has 0 saturated heterocycles. The lowest BCUT2D eigenvalue weighted by molar-refractivity contribution is -0.389. The summed E-state index contributed by atoms with van der Waals surface area (Å²) in [6.07, 6.45) is 1.50. The number of rotatable bonds is 5. The smallest absolute Gasteiger partial charge is 0.390 e. The predicted octanol–water partition coefficient (Wildman–Crippen LogP) is 3.25. The van der Waals surface area contributed by atoms with E-state index in [0.29, 0.717) is 38.5 Å². The number of esters is 1. The first-order chi connectivity index (χ1) is 15.5. The molecule has 12 heteroatoms. The van der Waals surface area contributed by atoms with Gasteiger partial charge in [-0.3, -0.25) is 0 Å². The Morgan fingerprint density at radius 2 is 2.03 bits per heavy atom. The second kappa shape index (κ2) is 7.50. The molecule has 11 nitrogen and oxygen atoms in total. The SMILES string of the molecule is COC(=O)c1sc2ncn3nc(-c4cc([N+](=O)[O-])nn4Cc4ccccc4)nc3c2c1C. The number of carbonyl (C=O) groups is 1. The van der Waals surface area contributed by atoms with Crippen LogP contribution in [0.5, 0.6) is 0 Å². The van der Waals surface area contributed by atoms with Crippen LogP contribution in [0.3, 0.4) is 0 Å². The zero-order valence-electron chi connectivity index (χ0n) is 16.9. The van der Waals surface area contributed by atoms with Gasteiger partial charge in [-0.25, -0.2) is 19.3 Å². The fourth-order valence-corrected chi connectivity index (χ4v) is 4.54. The topological polar surface area (TPSA) is 130 Å². The van der Waals surface area contributed by atoms with Crippen LogP contribution in [-0.4, -0.2) is 47.4 Å². The number of nitro groups is 1. The molecule has 32 heavy (non-hydrogen) atoms. The van der Waals surface area contributed by atoms with Crippen molar-refractivity contribution in [2.45, 2.75) is 13.5 Å².